The lowest BCUT2D eigenvalue weighted by atomic mass is 10.1. The van der Waals surface area contributed by atoms with Gasteiger partial charge in [-0.15, -0.1) is 0 Å². The number of hydrogen-bond acceptors (Lipinski definition) is 2. The Morgan fingerprint density at radius 1 is 1.31 bits per heavy atom. The lowest BCUT2D eigenvalue weighted by Gasteiger charge is -1.99. The van der Waals surface area contributed by atoms with Crippen molar-refractivity contribution in [3.63, 3.8) is 0 Å². The summed E-state index contributed by atoms with van der Waals surface area (Å²) in [6.07, 6.45) is 0.958. The summed E-state index contributed by atoms with van der Waals surface area (Å²) in [6, 6.07) is 6.03. The van der Waals surface area contributed by atoms with Crippen molar-refractivity contribution in [2.45, 2.75) is 26.9 Å². The van der Waals surface area contributed by atoms with Crippen molar-refractivity contribution in [3.05, 3.63) is 33.1 Å². The van der Waals surface area contributed by atoms with Gasteiger partial charge in [0.15, 0.2) is 0 Å². The molecule has 1 aromatic carbocycles. The maximum absolute atomic E-state index is 9.14. The minimum Gasteiger partial charge on any atom is -0.460 e. The largest absolute Gasteiger partial charge is 0.460 e. The van der Waals surface area contributed by atoms with Crippen LogP contribution in [0.25, 0.3) is 11.0 Å². The van der Waals surface area contributed by atoms with E-state index in [1.54, 1.807) is 0 Å². The molecule has 2 nitrogen and oxygen atoms in total. The molecule has 0 fully saturated rings. The molecule has 0 saturated carbocycles. The average Bonchev–Trinajstić information content (AvgIpc) is 2.59. The summed E-state index contributed by atoms with van der Waals surface area (Å²) in [5, 5.41) is 10.2. The molecule has 1 aromatic heterocycles. The monoisotopic (exact) mass is 330 g/mol. The van der Waals surface area contributed by atoms with Gasteiger partial charge in [0.1, 0.15) is 11.3 Å². The Bertz CT molecular complexity index is 500. The Labute approximate surface area is 109 Å². The molecule has 1 heterocycles. The summed E-state index contributed by atoms with van der Waals surface area (Å²) in [4.78, 5) is 0. The van der Waals surface area contributed by atoms with Crippen LogP contribution in [0, 0.1) is 9.49 Å². The van der Waals surface area contributed by atoms with Gasteiger partial charge < -0.3 is 9.52 Å². The van der Waals surface area contributed by atoms with Crippen molar-refractivity contribution in [1.82, 2.24) is 0 Å². The molecule has 1 N–H and O–H groups in total. The average molecular weight is 330 g/mol. The van der Waals surface area contributed by atoms with E-state index in [-0.39, 0.29) is 6.61 Å². The lowest BCUT2D eigenvalue weighted by Crippen LogP contribution is -1.90. The van der Waals surface area contributed by atoms with E-state index in [0.29, 0.717) is 5.92 Å². The highest BCUT2D eigenvalue weighted by molar-refractivity contribution is 14.1. The fourth-order valence-corrected chi connectivity index (χ4v) is 2.64. The molecule has 3 heteroatoms. The van der Waals surface area contributed by atoms with Gasteiger partial charge in [-0.25, -0.2) is 0 Å². The van der Waals surface area contributed by atoms with E-state index in [9.17, 15) is 0 Å². The van der Waals surface area contributed by atoms with Gasteiger partial charge in [0, 0.05) is 11.8 Å². The summed E-state index contributed by atoms with van der Waals surface area (Å²) in [5.41, 5.74) is 1.88. The fraction of sp³-hybridized carbons (Fsp3) is 0.385. The normalized spacial score (nSPS) is 11.6. The van der Waals surface area contributed by atoms with Crippen LogP contribution in [0.3, 0.4) is 0 Å². The molecule has 2 rings (SSSR count). The van der Waals surface area contributed by atoms with Crippen LogP contribution in [-0.2, 0) is 13.0 Å². The first kappa shape index (κ1) is 11.9. The van der Waals surface area contributed by atoms with Gasteiger partial charge in [0.2, 0.25) is 0 Å². The summed E-state index contributed by atoms with van der Waals surface area (Å²) in [6.45, 7) is 4.44. The zero-order valence-electron chi connectivity index (χ0n) is 9.46. The molecule has 0 spiro atoms. The second-order valence-corrected chi connectivity index (χ2v) is 5.63. The number of halogens is 1. The Morgan fingerprint density at radius 3 is 2.69 bits per heavy atom. The number of benzene rings is 1. The molecule has 16 heavy (non-hydrogen) atoms. The number of furan rings is 1. The quantitative estimate of drug-likeness (QED) is 0.870. The third-order valence-electron chi connectivity index (χ3n) is 2.47. The second kappa shape index (κ2) is 4.75. The van der Waals surface area contributed by atoms with Crippen molar-refractivity contribution in [2.24, 2.45) is 5.92 Å². The molecule has 0 aliphatic rings. The lowest BCUT2D eigenvalue weighted by molar-refractivity contribution is 0.282. The summed E-state index contributed by atoms with van der Waals surface area (Å²) in [7, 11) is 0. The first-order valence-corrected chi connectivity index (χ1v) is 6.49. The molecule has 0 atom stereocenters. The third-order valence-corrected chi connectivity index (χ3v) is 3.28. The van der Waals surface area contributed by atoms with Gasteiger partial charge in [0.05, 0.1) is 10.2 Å². The van der Waals surface area contributed by atoms with Crippen LogP contribution in [0.4, 0.5) is 0 Å². The SMILES string of the molecule is CC(C)Cc1cc2cc(CO)cc(I)c2o1. The Hall–Kier alpha value is -0.550. The predicted octanol–water partition coefficient (Wildman–Crippen LogP) is 3.73. The van der Waals surface area contributed by atoms with Gasteiger partial charge in [-0.05, 0) is 52.3 Å². The highest BCUT2D eigenvalue weighted by atomic mass is 127. The maximum atomic E-state index is 9.14. The molecule has 0 aliphatic carbocycles. The van der Waals surface area contributed by atoms with E-state index in [1.165, 1.54) is 0 Å². The molecule has 0 unspecified atom stereocenters. The Morgan fingerprint density at radius 2 is 2.06 bits per heavy atom. The van der Waals surface area contributed by atoms with E-state index in [2.05, 4.69) is 42.5 Å². The number of hydrogen-bond donors (Lipinski definition) is 1. The number of fused-ring (bicyclic) bond motifs is 1. The third kappa shape index (κ3) is 2.40. The molecule has 86 valence electrons. The minimum atomic E-state index is 0.0800. The Kier molecular flexibility index (Phi) is 3.54. The molecule has 0 aliphatic heterocycles. The zero-order chi connectivity index (χ0) is 11.7. The first-order valence-electron chi connectivity index (χ1n) is 5.42. The van der Waals surface area contributed by atoms with Gasteiger partial charge >= 0.3 is 0 Å². The van der Waals surface area contributed by atoms with Crippen molar-refractivity contribution in [1.29, 1.82) is 0 Å². The van der Waals surface area contributed by atoms with Crippen LogP contribution in [-0.4, -0.2) is 5.11 Å². The van der Waals surface area contributed by atoms with E-state index in [0.717, 1.165) is 32.3 Å². The van der Waals surface area contributed by atoms with E-state index >= 15 is 0 Å². The summed E-state index contributed by atoms with van der Waals surface area (Å²) >= 11 is 2.25. The van der Waals surface area contributed by atoms with Crippen LogP contribution in [0.1, 0.15) is 25.2 Å². The van der Waals surface area contributed by atoms with E-state index in [1.807, 2.05) is 12.1 Å². The number of aliphatic hydroxyl groups is 1. The first-order chi connectivity index (χ1) is 7.60. The van der Waals surface area contributed by atoms with Crippen LogP contribution in [0.15, 0.2) is 22.6 Å². The molecule has 0 bridgehead atoms. The standard InChI is InChI=1S/C13H15IO2/c1-8(2)3-11-6-10-4-9(7-15)5-12(14)13(10)16-11/h4-6,8,15H,3,7H2,1-2H3. The van der Waals surface area contributed by atoms with E-state index in [4.69, 9.17) is 9.52 Å². The molecular weight excluding hydrogens is 315 g/mol. The maximum Gasteiger partial charge on any atom is 0.147 e. The van der Waals surface area contributed by atoms with Crippen LogP contribution < -0.4 is 0 Å². The predicted molar refractivity (Wildman–Crippen MR) is 73.4 cm³/mol. The van der Waals surface area contributed by atoms with Crippen LogP contribution in [0.5, 0.6) is 0 Å². The number of aliphatic hydroxyl groups excluding tert-OH is 1. The highest BCUT2D eigenvalue weighted by Gasteiger charge is 2.09. The van der Waals surface area contributed by atoms with Gasteiger partial charge in [-0.2, -0.15) is 0 Å². The van der Waals surface area contributed by atoms with Gasteiger partial charge in [-0.1, -0.05) is 13.8 Å². The zero-order valence-corrected chi connectivity index (χ0v) is 11.6. The molecular formula is C13H15IO2. The smallest absolute Gasteiger partial charge is 0.147 e. The Balaban J connectivity index is 2.48. The molecule has 0 radical (unpaired) electrons. The van der Waals surface area contributed by atoms with Crippen LogP contribution in [0.2, 0.25) is 0 Å². The van der Waals surface area contributed by atoms with Gasteiger partial charge in [-0.3, -0.25) is 0 Å². The molecule has 2 aromatic rings. The second-order valence-electron chi connectivity index (χ2n) is 4.46. The summed E-state index contributed by atoms with van der Waals surface area (Å²) in [5.74, 6) is 1.62. The fourth-order valence-electron chi connectivity index (χ4n) is 1.82. The molecule has 0 saturated heterocycles. The van der Waals surface area contributed by atoms with Crippen molar-refractivity contribution in [2.75, 3.05) is 0 Å². The van der Waals surface area contributed by atoms with Crippen molar-refractivity contribution >= 4 is 33.6 Å². The number of rotatable bonds is 3. The minimum absolute atomic E-state index is 0.0800. The highest BCUT2D eigenvalue weighted by Crippen LogP contribution is 2.27. The van der Waals surface area contributed by atoms with E-state index < -0.39 is 0 Å². The van der Waals surface area contributed by atoms with Crippen LogP contribution >= 0.6 is 22.6 Å². The van der Waals surface area contributed by atoms with Gasteiger partial charge in [0.25, 0.3) is 0 Å². The van der Waals surface area contributed by atoms with Crippen molar-refractivity contribution in [3.8, 4) is 0 Å². The topological polar surface area (TPSA) is 33.4 Å². The van der Waals surface area contributed by atoms with Crippen molar-refractivity contribution < 1.29 is 9.52 Å². The summed E-state index contributed by atoms with van der Waals surface area (Å²) < 4.78 is 6.88. The molecule has 0 amide bonds.